The van der Waals surface area contributed by atoms with Gasteiger partial charge in [-0.25, -0.2) is 4.98 Å². The highest BCUT2D eigenvalue weighted by atomic mass is 32.2. The second kappa shape index (κ2) is 8.45. The lowest BCUT2D eigenvalue weighted by Gasteiger charge is -2.13. The zero-order chi connectivity index (χ0) is 17.6. The van der Waals surface area contributed by atoms with Crippen LogP contribution in [0, 0.1) is 0 Å². The Morgan fingerprint density at radius 3 is 2.56 bits per heavy atom. The number of benzene rings is 2. The van der Waals surface area contributed by atoms with Gasteiger partial charge in [-0.2, -0.15) is 11.8 Å². The topological polar surface area (TPSA) is 44.1 Å². The Labute approximate surface area is 155 Å². The molecule has 0 aliphatic rings. The van der Waals surface area contributed by atoms with Gasteiger partial charge in [0, 0.05) is 11.5 Å². The molecule has 0 N–H and O–H groups in total. The van der Waals surface area contributed by atoms with Crippen LogP contribution in [0.4, 0.5) is 0 Å². The van der Waals surface area contributed by atoms with Crippen molar-refractivity contribution < 1.29 is 4.74 Å². The summed E-state index contributed by atoms with van der Waals surface area (Å²) in [6.45, 7) is 0.502. The van der Waals surface area contributed by atoms with E-state index in [9.17, 15) is 4.79 Å². The molecule has 130 valence electrons. The number of fused-ring (bicyclic) bond motifs is 1. The van der Waals surface area contributed by atoms with E-state index >= 15 is 0 Å². The first-order valence-corrected chi connectivity index (χ1v) is 10.3. The first-order chi connectivity index (χ1) is 12.2. The second-order valence-electron chi connectivity index (χ2n) is 5.49. The highest BCUT2D eigenvalue weighted by molar-refractivity contribution is 8.02. The average molecular weight is 373 g/mol. The molecular weight excluding hydrogens is 352 g/mol. The van der Waals surface area contributed by atoms with E-state index in [4.69, 9.17) is 9.72 Å². The molecule has 2 aromatic carbocycles. The van der Waals surface area contributed by atoms with Gasteiger partial charge in [0.1, 0.15) is 5.75 Å². The van der Waals surface area contributed by atoms with Gasteiger partial charge in [-0.15, -0.1) is 0 Å². The minimum atomic E-state index is 0.00747. The summed E-state index contributed by atoms with van der Waals surface area (Å²) in [5.41, 5.74) is 1.81. The molecule has 0 saturated carbocycles. The number of para-hydroxylation sites is 1. The fourth-order valence-electron chi connectivity index (χ4n) is 2.53. The summed E-state index contributed by atoms with van der Waals surface area (Å²) in [5.74, 6) is 2.76. The van der Waals surface area contributed by atoms with Crippen molar-refractivity contribution in [2.45, 2.75) is 11.7 Å². The number of methoxy groups -OCH3 is 1. The molecule has 6 heteroatoms. The second-order valence-corrected chi connectivity index (χ2v) is 7.54. The van der Waals surface area contributed by atoms with Crippen LogP contribution in [0.1, 0.15) is 5.56 Å². The third kappa shape index (κ3) is 4.19. The van der Waals surface area contributed by atoms with E-state index < -0.39 is 0 Å². The van der Waals surface area contributed by atoms with E-state index in [2.05, 4.69) is 6.26 Å². The quantitative estimate of drug-likeness (QED) is 0.357. The molecule has 0 radical (unpaired) electrons. The highest BCUT2D eigenvalue weighted by Gasteiger charge is 2.12. The van der Waals surface area contributed by atoms with Crippen molar-refractivity contribution in [3.05, 3.63) is 64.4 Å². The van der Waals surface area contributed by atoms with Crippen LogP contribution in [0.5, 0.6) is 5.75 Å². The number of aromatic nitrogens is 2. The monoisotopic (exact) mass is 372 g/mol. The molecule has 0 atom stereocenters. The van der Waals surface area contributed by atoms with Gasteiger partial charge in [-0.1, -0.05) is 36.0 Å². The normalized spacial score (nSPS) is 11.0. The maximum absolute atomic E-state index is 13.0. The van der Waals surface area contributed by atoms with Crippen molar-refractivity contribution in [3.63, 3.8) is 0 Å². The van der Waals surface area contributed by atoms with Crippen molar-refractivity contribution in [2.24, 2.45) is 0 Å². The molecule has 0 bridgehead atoms. The fourth-order valence-corrected chi connectivity index (χ4v) is 4.18. The molecule has 0 spiro atoms. The van der Waals surface area contributed by atoms with Crippen molar-refractivity contribution >= 4 is 34.4 Å². The summed E-state index contributed by atoms with van der Waals surface area (Å²) >= 11 is 3.43. The van der Waals surface area contributed by atoms with Crippen LogP contribution in [0.15, 0.2) is 58.5 Å². The van der Waals surface area contributed by atoms with Gasteiger partial charge in [-0.05, 0) is 36.1 Å². The maximum Gasteiger partial charge on any atom is 0.262 e. The van der Waals surface area contributed by atoms with Gasteiger partial charge in [-0.3, -0.25) is 9.36 Å². The van der Waals surface area contributed by atoms with E-state index in [1.54, 1.807) is 35.2 Å². The molecule has 1 heterocycles. The Kier molecular flexibility index (Phi) is 6.04. The Balaban J connectivity index is 2.01. The van der Waals surface area contributed by atoms with Gasteiger partial charge in [0.2, 0.25) is 0 Å². The highest BCUT2D eigenvalue weighted by Crippen LogP contribution is 2.20. The minimum absolute atomic E-state index is 0.00747. The van der Waals surface area contributed by atoms with Gasteiger partial charge in [0.05, 0.1) is 24.6 Å². The summed E-state index contributed by atoms with van der Waals surface area (Å²) in [6.07, 6.45) is 2.08. The predicted molar refractivity (Wildman–Crippen MR) is 107 cm³/mol. The molecule has 3 rings (SSSR count). The summed E-state index contributed by atoms with van der Waals surface area (Å²) < 4.78 is 6.98. The van der Waals surface area contributed by atoms with Crippen molar-refractivity contribution in [1.29, 1.82) is 0 Å². The molecule has 4 nitrogen and oxygen atoms in total. The number of hydrogen-bond acceptors (Lipinski definition) is 5. The number of thioether (sulfide) groups is 2. The third-order valence-corrected chi connectivity index (χ3v) is 5.69. The first-order valence-electron chi connectivity index (χ1n) is 7.97. The summed E-state index contributed by atoms with van der Waals surface area (Å²) in [7, 11) is 1.65. The molecule has 0 saturated heterocycles. The van der Waals surface area contributed by atoms with Crippen LogP contribution < -0.4 is 10.3 Å². The molecule has 0 unspecified atom stereocenters. The van der Waals surface area contributed by atoms with Gasteiger partial charge in [0.25, 0.3) is 5.56 Å². The van der Waals surface area contributed by atoms with Crippen LogP contribution in [0.3, 0.4) is 0 Å². The van der Waals surface area contributed by atoms with Gasteiger partial charge < -0.3 is 4.74 Å². The van der Waals surface area contributed by atoms with Crippen molar-refractivity contribution in [2.75, 3.05) is 24.9 Å². The summed E-state index contributed by atoms with van der Waals surface area (Å²) in [4.78, 5) is 17.7. The van der Waals surface area contributed by atoms with Crippen molar-refractivity contribution in [3.8, 4) is 5.75 Å². The largest absolute Gasteiger partial charge is 0.497 e. The Hall–Kier alpha value is -1.92. The van der Waals surface area contributed by atoms with Crippen LogP contribution in [0.25, 0.3) is 10.9 Å². The first kappa shape index (κ1) is 17.9. The lowest BCUT2D eigenvalue weighted by molar-refractivity contribution is 0.414. The number of nitrogens with zero attached hydrogens (tertiary/aromatic N) is 2. The van der Waals surface area contributed by atoms with E-state index in [1.165, 1.54) is 0 Å². The van der Waals surface area contributed by atoms with Crippen LogP contribution in [0.2, 0.25) is 0 Å². The molecule has 0 fully saturated rings. The van der Waals surface area contributed by atoms with E-state index in [0.29, 0.717) is 11.9 Å². The van der Waals surface area contributed by atoms with E-state index in [-0.39, 0.29) is 5.56 Å². The maximum atomic E-state index is 13.0. The fraction of sp³-hybridized carbons (Fsp3) is 0.263. The van der Waals surface area contributed by atoms with Gasteiger partial charge >= 0.3 is 0 Å². The van der Waals surface area contributed by atoms with Crippen molar-refractivity contribution in [1.82, 2.24) is 9.55 Å². The smallest absolute Gasteiger partial charge is 0.262 e. The lowest BCUT2D eigenvalue weighted by Crippen LogP contribution is -2.24. The van der Waals surface area contributed by atoms with Crippen LogP contribution in [-0.2, 0) is 6.54 Å². The summed E-state index contributed by atoms with van der Waals surface area (Å²) in [6, 6.07) is 15.3. The number of ether oxygens (including phenoxy) is 1. The minimum Gasteiger partial charge on any atom is -0.497 e. The molecule has 1 aromatic heterocycles. The van der Waals surface area contributed by atoms with Crippen LogP contribution >= 0.6 is 23.5 Å². The zero-order valence-corrected chi connectivity index (χ0v) is 15.9. The van der Waals surface area contributed by atoms with Gasteiger partial charge in [0.15, 0.2) is 5.16 Å². The molecule has 0 aliphatic heterocycles. The lowest BCUT2D eigenvalue weighted by atomic mass is 10.2. The molecule has 3 aromatic rings. The standard InChI is InChI=1S/C19H20N2O2S2/c1-23-15-9-7-14(8-10-15)13-21-18(22)16-5-3-4-6-17(16)20-19(21)25-12-11-24-2/h3-10H,11-13H2,1-2H3. The van der Waals surface area contributed by atoms with E-state index in [1.807, 2.05) is 48.5 Å². The Morgan fingerprint density at radius 2 is 1.84 bits per heavy atom. The zero-order valence-electron chi connectivity index (χ0n) is 14.3. The van der Waals surface area contributed by atoms with E-state index in [0.717, 1.165) is 33.5 Å². The molecule has 0 amide bonds. The number of hydrogen-bond donors (Lipinski definition) is 0. The van der Waals surface area contributed by atoms with Crippen LogP contribution in [-0.4, -0.2) is 34.4 Å². The Morgan fingerprint density at radius 1 is 1.08 bits per heavy atom. The number of rotatable bonds is 7. The molecular formula is C19H20N2O2S2. The Bertz CT molecular complexity index is 907. The molecule has 0 aliphatic carbocycles. The molecule has 25 heavy (non-hydrogen) atoms. The third-order valence-electron chi connectivity index (χ3n) is 3.84. The summed E-state index contributed by atoms with van der Waals surface area (Å²) in [5, 5.41) is 1.43. The predicted octanol–water partition coefficient (Wildman–Crippen LogP) is 3.91. The SMILES string of the molecule is COc1ccc(Cn2c(SCCSC)nc3ccccc3c2=O)cc1. The average Bonchev–Trinajstić information content (AvgIpc) is 2.65.